The monoisotopic (exact) mass is 282 g/mol. The van der Waals surface area contributed by atoms with E-state index in [0.29, 0.717) is 43.1 Å². The molecule has 3 nitrogen and oxygen atoms in total. The second kappa shape index (κ2) is 7.88. The van der Waals surface area contributed by atoms with Crippen molar-refractivity contribution in [2.24, 2.45) is 0 Å². The van der Waals surface area contributed by atoms with E-state index in [9.17, 15) is 9.18 Å². The van der Waals surface area contributed by atoms with Crippen molar-refractivity contribution >= 4 is 5.78 Å². The minimum absolute atomic E-state index is 0.0335. The van der Waals surface area contributed by atoms with Gasteiger partial charge in [0.2, 0.25) is 0 Å². The predicted molar refractivity (Wildman–Crippen MR) is 77.1 cm³/mol. The van der Waals surface area contributed by atoms with Gasteiger partial charge < -0.3 is 14.3 Å². The topological polar surface area (TPSA) is 35.5 Å². The third-order valence-corrected chi connectivity index (χ3v) is 3.12. The molecule has 0 radical (unpaired) electrons. The summed E-state index contributed by atoms with van der Waals surface area (Å²) in [6.45, 7) is 8.13. The van der Waals surface area contributed by atoms with Crippen molar-refractivity contribution in [2.45, 2.75) is 46.5 Å². The molecule has 0 aliphatic rings. The van der Waals surface area contributed by atoms with Crippen LogP contribution in [-0.2, 0) is 4.79 Å². The molecule has 0 heterocycles. The second-order valence-electron chi connectivity index (χ2n) is 4.83. The fraction of sp³-hybridized carbons (Fsp3) is 0.562. The van der Waals surface area contributed by atoms with E-state index in [1.165, 1.54) is 6.07 Å². The van der Waals surface area contributed by atoms with Gasteiger partial charge in [-0.2, -0.15) is 0 Å². The van der Waals surface area contributed by atoms with Crippen LogP contribution >= 0.6 is 0 Å². The molecular weight excluding hydrogens is 259 g/mol. The molecule has 112 valence electrons. The summed E-state index contributed by atoms with van der Waals surface area (Å²) in [5.41, 5.74) is 0.568. The minimum Gasteiger partial charge on any atom is -0.490 e. The van der Waals surface area contributed by atoms with E-state index < -0.39 is 0 Å². The van der Waals surface area contributed by atoms with Crippen LogP contribution in [0.5, 0.6) is 11.5 Å². The average molecular weight is 282 g/mol. The van der Waals surface area contributed by atoms with E-state index in [0.717, 1.165) is 0 Å². The zero-order valence-corrected chi connectivity index (χ0v) is 12.7. The summed E-state index contributed by atoms with van der Waals surface area (Å²) in [5, 5.41) is 0. The molecule has 0 N–H and O–H groups in total. The van der Waals surface area contributed by atoms with Crippen LogP contribution in [0.4, 0.5) is 4.39 Å². The first-order valence-corrected chi connectivity index (χ1v) is 7.08. The van der Waals surface area contributed by atoms with Crippen LogP contribution < -0.4 is 9.47 Å². The summed E-state index contributed by atoms with van der Waals surface area (Å²) in [7, 11) is 0. The van der Waals surface area contributed by atoms with E-state index in [2.05, 4.69) is 0 Å². The Bertz CT molecular complexity index is 457. The van der Waals surface area contributed by atoms with Gasteiger partial charge in [0.1, 0.15) is 11.6 Å². The highest BCUT2D eigenvalue weighted by Gasteiger charge is 2.17. The maximum Gasteiger partial charge on any atom is 0.164 e. The van der Waals surface area contributed by atoms with Crippen LogP contribution in [-0.4, -0.2) is 19.0 Å². The fourth-order valence-corrected chi connectivity index (χ4v) is 2.04. The van der Waals surface area contributed by atoms with Gasteiger partial charge in [-0.3, -0.25) is 0 Å². The third kappa shape index (κ3) is 4.51. The number of rotatable bonds is 8. The lowest BCUT2D eigenvalue weighted by Crippen LogP contribution is -2.04. The van der Waals surface area contributed by atoms with E-state index in [-0.39, 0.29) is 17.5 Å². The molecule has 1 aromatic rings. The summed E-state index contributed by atoms with van der Waals surface area (Å²) < 4.78 is 25.0. The Hall–Kier alpha value is -1.58. The smallest absolute Gasteiger partial charge is 0.164 e. The number of ether oxygens (including phenoxy) is 2. The zero-order chi connectivity index (χ0) is 15.1. The van der Waals surface area contributed by atoms with Crippen LogP contribution in [0.2, 0.25) is 0 Å². The van der Waals surface area contributed by atoms with Crippen LogP contribution in [0, 0.1) is 5.82 Å². The van der Waals surface area contributed by atoms with Crippen molar-refractivity contribution in [1.29, 1.82) is 0 Å². The molecule has 0 fully saturated rings. The Morgan fingerprint density at radius 3 is 2.25 bits per heavy atom. The molecule has 0 bridgehead atoms. The first-order chi connectivity index (χ1) is 9.49. The second-order valence-corrected chi connectivity index (χ2v) is 4.83. The largest absolute Gasteiger partial charge is 0.490 e. The van der Waals surface area contributed by atoms with Crippen LogP contribution in [0.3, 0.4) is 0 Å². The number of hydrogen-bond acceptors (Lipinski definition) is 3. The van der Waals surface area contributed by atoms with Gasteiger partial charge in [-0.05, 0) is 44.7 Å². The normalized spacial score (nSPS) is 12.1. The lowest BCUT2D eigenvalue weighted by atomic mass is 9.94. The summed E-state index contributed by atoms with van der Waals surface area (Å²) in [4.78, 5) is 11.0. The third-order valence-electron chi connectivity index (χ3n) is 3.12. The number of ketones is 1. The Morgan fingerprint density at radius 1 is 1.20 bits per heavy atom. The fourth-order valence-electron chi connectivity index (χ4n) is 2.04. The van der Waals surface area contributed by atoms with Crippen LogP contribution in [0.25, 0.3) is 0 Å². The quantitative estimate of drug-likeness (QED) is 0.720. The number of halogens is 1. The van der Waals surface area contributed by atoms with Crippen molar-refractivity contribution in [2.75, 3.05) is 13.2 Å². The Balaban J connectivity index is 3.00. The molecule has 0 aliphatic carbocycles. The van der Waals surface area contributed by atoms with Gasteiger partial charge in [-0.25, -0.2) is 4.39 Å². The molecule has 1 aromatic carbocycles. The highest BCUT2D eigenvalue weighted by atomic mass is 19.1. The number of carbonyl (C=O) groups is 1. The number of hydrogen-bond donors (Lipinski definition) is 0. The molecular formula is C16H23FO3. The van der Waals surface area contributed by atoms with Gasteiger partial charge in [0.15, 0.2) is 11.5 Å². The molecule has 20 heavy (non-hydrogen) atoms. The molecule has 1 rings (SSSR count). The van der Waals surface area contributed by atoms with Crippen LogP contribution in [0.15, 0.2) is 12.1 Å². The highest BCUT2D eigenvalue weighted by molar-refractivity contribution is 5.75. The Morgan fingerprint density at radius 2 is 1.75 bits per heavy atom. The van der Waals surface area contributed by atoms with Gasteiger partial charge >= 0.3 is 0 Å². The molecule has 0 saturated carbocycles. The maximum absolute atomic E-state index is 14.1. The lowest BCUT2D eigenvalue weighted by molar-refractivity contribution is -0.117. The molecule has 0 amide bonds. The predicted octanol–water partition coefficient (Wildman–Crippen LogP) is 4.10. The zero-order valence-electron chi connectivity index (χ0n) is 12.7. The molecule has 1 atom stereocenters. The summed E-state index contributed by atoms with van der Waals surface area (Å²) in [5.74, 6) is 0.754. The van der Waals surface area contributed by atoms with Gasteiger partial charge in [-0.1, -0.05) is 6.92 Å². The van der Waals surface area contributed by atoms with E-state index in [1.54, 1.807) is 13.0 Å². The summed E-state index contributed by atoms with van der Waals surface area (Å²) in [6.07, 6.45) is 1.09. The molecule has 0 aromatic heterocycles. The molecule has 1 unspecified atom stereocenters. The van der Waals surface area contributed by atoms with E-state index in [4.69, 9.17) is 9.47 Å². The lowest BCUT2D eigenvalue weighted by Gasteiger charge is -2.17. The molecule has 4 heteroatoms. The average Bonchev–Trinajstić information content (AvgIpc) is 2.39. The maximum atomic E-state index is 14.1. The minimum atomic E-state index is -0.312. The first kappa shape index (κ1) is 16.5. The summed E-state index contributed by atoms with van der Waals surface area (Å²) >= 11 is 0. The van der Waals surface area contributed by atoms with Crippen molar-refractivity contribution in [3.8, 4) is 11.5 Å². The van der Waals surface area contributed by atoms with Gasteiger partial charge in [-0.15, -0.1) is 0 Å². The number of Topliss-reactive ketones (excluding diaryl/α,β-unsaturated/α-hetero) is 1. The highest BCUT2D eigenvalue weighted by Crippen LogP contribution is 2.35. The van der Waals surface area contributed by atoms with Gasteiger partial charge in [0, 0.05) is 12.5 Å². The molecule has 0 aliphatic heterocycles. The van der Waals surface area contributed by atoms with Gasteiger partial charge in [0.25, 0.3) is 0 Å². The van der Waals surface area contributed by atoms with Crippen molar-refractivity contribution in [3.63, 3.8) is 0 Å². The molecule has 0 spiro atoms. The molecule has 0 saturated heterocycles. The van der Waals surface area contributed by atoms with Crippen molar-refractivity contribution < 1.29 is 18.7 Å². The number of benzene rings is 1. The summed E-state index contributed by atoms with van der Waals surface area (Å²) in [6, 6.07) is 3.06. The van der Waals surface area contributed by atoms with Crippen molar-refractivity contribution in [1.82, 2.24) is 0 Å². The van der Waals surface area contributed by atoms with E-state index in [1.807, 2.05) is 20.8 Å². The Kier molecular flexibility index (Phi) is 6.49. The van der Waals surface area contributed by atoms with Crippen molar-refractivity contribution in [3.05, 3.63) is 23.5 Å². The first-order valence-electron chi connectivity index (χ1n) is 7.08. The van der Waals surface area contributed by atoms with E-state index >= 15 is 0 Å². The Labute approximate surface area is 120 Å². The number of carbonyl (C=O) groups excluding carboxylic acids is 1. The SMILES string of the molecule is CCOc1cc(F)c(C(C)CCC(C)=O)cc1OCC. The van der Waals surface area contributed by atoms with Gasteiger partial charge in [0.05, 0.1) is 13.2 Å². The van der Waals surface area contributed by atoms with Crippen LogP contribution in [0.1, 0.15) is 52.0 Å². The standard InChI is InChI=1S/C16H23FO3/c1-5-19-15-9-13(11(3)7-8-12(4)18)14(17)10-16(15)20-6-2/h9-11H,5-8H2,1-4H3.